The second-order valence-corrected chi connectivity index (χ2v) is 1.22. The van der Waals surface area contributed by atoms with E-state index in [1.165, 1.54) is 0 Å². The van der Waals surface area contributed by atoms with E-state index in [2.05, 4.69) is 4.43 Å². The van der Waals surface area contributed by atoms with Crippen molar-refractivity contribution in [2.24, 2.45) is 0 Å². The first kappa shape index (κ1) is 8.84. The first-order chi connectivity index (χ1) is 1.41. The van der Waals surface area contributed by atoms with Crippen LogP contribution >= 0.6 is 0 Å². The first-order valence-electron chi connectivity index (χ1n) is 0.816. The zero-order valence-electron chi connectivity index (χ0n) is 3.41. The van der Waals surface area contributed by atoms with Crippen LogP contribution in [0.25, 0.3) is 0 Å². The fraction of sp³-hybridized carbons (Fsp3) is 1.00. The van der Waals surface area contributed by atoms with Crippen LogP contribution in [0.5, 0.6) is 0 Å². The molecule has 1 nitrogen and oxygen atoms in total. The van der Waals surface area contributed by atoms with Crippen molar-refractivity contribution < 1.29 is 4.43 Å². The van der Waals surface area contributed by atoms with E-state index in [1.807, 2.05) is 0 Å². The predicted octanol–water partition coefficient (Wildman–Crippen LogP) is -1.47. The molecule has 0 atom stereocenters. The summed E-state index contributed by atoms with van der Waals surface area (Å²) >= 11 is 0. The van der Waals surface area contributed by atoms with Gasteiger partial charge in [0.15, 0.2) is 0 Å². The van der Waals surface area contributed by atoms with Gasteiger partial charge in [-0.2, -0.15) is 0 Å². The molecular weight excluding hydrogens is 63.0 g/mol. The Labute approximate surface area is 41.4 Å². The summed E-state index contributed by atoms with van der Waals surface area (Å²) in [6.45, 7) is 0. The van der Waals surface area contributed by atoms with E-state index < -0.39 is 0 Å². The topological polar surface area (TPSA) is 9.23 Å². The molecule has 0 fully saturated rings. The van der Waals surface area contributed by atoms with Gasteiger partial charge in [0.2, 0.25) is 0 Å². The van der Waals surface area contributed by atoms with Gasteiger partial charge < -0.3 is 4.43 Å². The summed E-state index contributed by atoms with van der Waals surface area (Å²) < 4.78 is 4.39. The average molecular weight is 69.1 g/mol. The molecule has 0 aromatic rings. The van der Waals surface area contributed by atoms with Crippen LogP contribution in [0.15, 0.2) is 0 Å². The average Bonchev–Trinajstić information content (AvgIpc) is 0.918. The van der Waals surface area contributed by atoms with Crippen molar-refractivity contribution in [3.05, 3.63) is 0 Å². The molecule has 0 saturated carbocycles. The predicted molar refractivity (Wildman–Crippen MR) is 22.7 cm³/mol. The Hall–Kier alpha value is 0.774. The summed E-state index contributed by atoms with van der Waals surface area (Å²) in [5, 5.41) is 0. The van der Waals surface area contributed by atoms with Gasteiger partial charge in [0, 0.05) is 26.0 Å². The molecule has 21 valence electrons. The van der Waals surface area contributed by atoms with Crippen molar-refractivity contribution in [2.75, 3.05) is 7.11 Å². The van der Waals surface area contributed by atoms with E-state index in [9.17, 15) is 0 Å². The van der Waals surface area contributed by atoms with E-state index in [0.29, 0.717) is 0 Å². The monoisotopic (exact) mass is 69.0 g/mol. The molecule has 0 amide bonds. The first-order valence-corrected chi connectivity index (χ1v) is 1.63. The molecule has 0 unspecified atom stereocenters. The number of rotatable bonds is 0. The summed E-state index contributed by atoms with van der Waals surface area (Å²) in [4.78, 5) is 0. The van der Waals surface area contributed by atoms with E-state index >= 15 is 0 Å². The molecule has 0 spiro atoms. The minimum atomic E-state index is 0. The third-order valence-electron chi connectivity index (χ3n) is 0. The minimum Gasteiger partial charge on any atom is -0.431 e. The van der Waals surface area contributed by atoms with E-state index in [-0.39, 0.29) is 18.9 Å². The van der Waals surface area contributed by atoms with Gasteiger partial charge in [-0.15, -0.1) is 0 Å². The van der Waals surface area contributed by atoms with Crippen LogP contribution in [-0.2, 0) is 4.43 Å². The molecule has 4 heavy (non-hydrogen) atoms. The van der Waals surface area contributed by atoms with Crippen LogP contribution in [-0.4, -0.2) is 36.5 Å². The Bertz CT molecular complexity index is 8.00. The van der Waals surface area contributed by atoms with Crippen LogP contribution in [0.2, 0.25) is 0 Å². The molecule has 3 heteroatoms. The third kappa shape index (κ3) is 14.6. The zero-order valence-corrected chi connectivity index (χ0v) is 5.41. The van der Waals surface area contributed by atoms with Gasteiger partial charge >= 0.3 is 0 Å². The maximum atomic E-state index is 4.39. The van der Waals surface area contributed by atoms with E-state index in [4.69, 9.17) is 0 Å². The Morgan fingerprint density at radius 2 is 1.75 bits per heavy atom. The van der Waals surface area contributed by atoms with Crippen molar-refractivity contribution >= 4 is 29.3 Å². The molecular formula is CH6LiOSi. The largest absolute Gasteiger partial charge is 0.431 e. The number of hydrogen-bond acceptors (Lipinski definition) is 1. The van der Waals surface area contributed by atoms with Gasteiger partial charge in [0.25, 0.3) is 0 Å². The fourth-order valence-electron chi connectivity index (χ4n) is 0. The van der Waals surface area contributed by atoms with Gasteiger partial charge in [-0.05, 0) is 0 Å². The molecule has 0 saturated heterocycles. The molecule has 0 aliphatic heterocycles. The van der Waals surface area contributed by atoms with Crippen molar-refractivity contribution in [3.63, 3.8) is 0 Å². The third-order valence-corrected chi connectivity index (χ3v) is 0. The zero-order chi connectivity index (χ0) is 2.71. The maximum absolute atomic E-state index is 4.39. The SMILES string of the molecule is CO[SiH3].[Li]. The standard InChI is InChI=1S/CH6OSi.Li/c1-2-3;/h1,3H3;. The van der Waals surface area contributed by atoms with Gasteiger partial charge in [0.1, 0.15) is 10.5 Å². The van der Waals surface area contributed by atoms with Crippen molar-refractivity contribution in [3.8, 4) is 0 Å². The quantitative estimate of drug-likeness (QED) is 0.316. The van der Waals surface area contributed by atoms with Crippen LogP contribution in [0.3, 0.4) is 0 Å². The van der Waals surface area contributed by atoms with E-state index in [1.54, 1.807) is 7.11 Å². The molecule has 1 radical (unpaired) electrons. The van der Waals surface area contributed by atoms with Crippen LogP contribution in [0, 0.1) is 0 Å². The van der Waals surface area contributed by atoms with Crippen molar-refractivity contribution in [1.29, 1.82) is 0 Å². The minimum absolute atomic E-state index is 0. The Kier molecular flexibility index (Phi) is 20.4. The molecule has 0 N–H and O–H groups in total. The Morgan fingerprint density at radius 3 is 1.75 bits per heavy atom. The van der Waals surface area contributed by atoms with Crippen LogP contribution in [0.4, 0.5) is 0 Å². The molecule has 0 bridgehead atoms. The summed E-state index contributed by atoms with van der Waals surface area (Å²) in [6, 6.07) is 0. The van der Waals surface area contributed by atoms with Gasteiger partial charge in [-0.1, -0.05) is 0 Å². The Morgan fingerprint density at radius 1 is 1.75 bits per heavy atom. The smallest absolute Gasteiger partial charge is 0.145 e. The second-order valence-electron chi connectivity index (χ2n) is 0.408. The van der Waals surface area contributed by atoms with Crippen molar-refractivity contribution in [2.45, 2.75) is 0 Å². The van der Waals surface area contributed by atoms with Crippen molar-refractivity contribution in [1.82, 2.24) is 0 Å². The molecule has 0 rings (SSSR count). The summed E-state index contributed by atoms with van der Waals surface area (Å²) in [5.74, 6) is 0. The fourth-order valence-corrected chi connectivity index (χ4v) is 0. The van der Waals surface area contributed by atoms with E-state index in [0.717, 1.165) is 10.5 Å². The molecule has 0 aromatic heterocycles. The molecule has 0 aromatic carbocycles. The molecule has 0 heterocycles. The van der Waals surface area contributed by atoms with Crippen LogP contribution in [0.1, 0.15) is 0 Å². The Balaban J connectivity index is 0. The molecule has 0 aliphatic carbocycles. The van der Waals surface area contributed by atoms with Crippen LogP contribution < -0.4 is 0 Å². The number of hydrogen-bond donors (Lipinski definition) is 0. The van der Waals surface area contributed by atoms with Gasteiger partial charge in [0.05, 0.1) is 0 Å². The normalized spacial score (nSPS) is 5.25. The maximum Gasteiger partial charge on any atom is 0.145 e. The summed E-state index contributed by atoms with van der Waals surface area (Å²) in [5.41, 5.74) is 0. The second kappa shape index (κ2) is 9.23. The summed E-state index contributed by atoms with van der Waals surface area (Å²) in [7, 11) is 2.56. The molecule has 0 aliphatic rings. The van der Waals surface area contributed by atoms with Gasteiger partial charge in [-0.3, -0.25) is 0 Å². The summed E-state index contributed by atoms with van der Waals surface area (Å²) in [6.07, 6.45) is 0. The van der Waals surface area contributed by atoms with Gasteiger partial charge in [-0.25, -0.2) is 0 Å².